The highest BCUT2D eigenvalue weighted by Crippen LogP contribution is 1.95. The molecule has 0 fully saturated rings. The van der Waals surface area contributed by atoms with E-state index in [0.29, 0.717) is 18.5 Å². The van der Waals surface area contributed by atoms with Gasteiger partial charge in [0.05, 0.1) is 5.56 Å². The molecule has 0 aromatic carbocycles. The molecule has 17 heavy (non-hydrogen) atoms. The largest absolute Gasteiger partial charge is 0.294 e. The standard InChI is InChI=1S/C10H16N3O3S/c1-9(14)10-4-2-6-13(8-10)7-3-5-12-17(11,15)16/h2,4,6,8,12H,3,5,7H2,1H3,(H2,11,15,16)/q+1. The van der Waals surface area contributed by atoms with E-state index < -0.39 is 10.2 Å². The molecule has 0 saturated heterocycles. The fourth-order valence-corrected chi connectivity index (χ4v) is 1.77. The van der Waals surface area contributed by atoms with Crippen LogP contribution in [0.3, 0.4) is 0 Å². The van der Waals surface area contributed by atoms with Crippen LogP contribution < -0.4 is 14.4 Å². The summed E-state index contributed by atoms with van der Waals surface area (Å²) in [5, 5.41) is 4.79. The van der Waals surface area contributed by atoms with E-state index >= 15 is 0 Å². The molecule has 1 aromatic rings. The summed E-state index contributed by atoms with van der Waals surface area (Å²) in [5.74, 6) is 0.00186. The van der Waals surface area contributed by atoms with Gasteiger partial charge in [-0.3, -0.25) is 4.79 Å². The van der Waals surface area contributed by atoms with Crippen molar-refractivity contribution in [1.82, 2.24) is 4.72 Å². The zero-order chi connectivity index (χ0) is 12.9. The molecule has 0 spiro atoms. The molecule has 0 saturated carbocycles. The summed E-state index contributed by atoms with van der Waals surface area (Å²) >= 11 is 0. The van der Waals surface area contributed by atoms with Gasteiger partial charge in [0.1, 0.15) is 6.54 Å². The van der Waals surface area contributed by atoms with E-state index in [1.165, 1.54) is 6.92 Å². The smallest absolute Gasteiger partial charge is 0.274 e. The van der Waals surface area contributed by atoms with Gasteiger partial charge in [0.25, 0.3) is 10.2 Å². The number of hydrogen-bond acceptors (Lipinski definition) is 3. The third-order valence-corrected chi connectivity index (χ3v) is 2.77. The number of carbonyl (C=O) groups excluding carboxylic acids is 1. The van der Waals surface area contributed by atoms with Crippen molar-refractivity contribution in [2.24, 2.45) is 5.14 Å². The van der Waals surface area contributed by atoms with Crippen molar-refractivity contribution in [3.05, 3.63) is 30.1 Å². The molecule has 0 aliphatic heterocycles. The van der Waals surface area contributed by atoms with E-state index in [1.807, 2.05) is 10.8 Å². The highest BCUT2D eigenvalue weighted by molar-refractivity contribution is 7.87. The number of nitrogens with zero attached hydrogens (tertiary/aromatic N) is 1. The van der Waals surface area contributed by atoms with Crippen LogP contribution in [0.15, 0.2) is 24.5 Å². The maximum Gasteiger partial charge on any atom is 0.274 e. The van der Waals surface area contributed by atoms with Gasteiger partial charge in [-0.25, -0.2) is 14.4 Å². The van der Waals surface area contributed by atoms with Crippen LogP contribution >= 0.6 is 0 Å². The van der Waals surface area contributed by atoms with Gasteiger partial charge >= 0.3 is 0 Å². The van der Waals surface area contributed by atoms with Gasteiger partial charge in [0.15, 0.2) is 18.2 Å². The molecule has 1 aromatic heterocycles. The van der Waals surface area contributed by atoms with Crippen molar-refractivity contribution in [2.45, 2.75) is 19.9 Å². The molecule has 1 rings (SSSR count). The summed E-state index contributed by atoms with van der Waals surface area (Å²) in [6.45, 7) is 2.39. The molecule has 7 heteroatoms. The maximum absolute atomic E-state index is 11.1. The van der Waals surface area contributed by atoms with Crippen LogP contribution in [0.25, 0.3) is 0 Å². The average molecular weight is 258 g/mol. The Morgan fingerprint density at radius 2 is 2.24 bits per heavy atom. The molecule has 0 atom stereocenters. The van der Waals surface area contributed by atoms with E-state index in [9.17, 15) is 13.2 Å². The predicted octanol–water partition coefficient (Wildman–Crippen LogP) is -0.640. The molecule has 0 radical (unpaired) electrons. The summed E-state index contributed by atoms with van der Waals surface area (Å²) in [7, 11) is -3.61. The van der Waals surface area contributed by atoms with E-state index in [2.05, 4.69) is 4.72 Å². The number of ketones is 1. The second-order valence-corrected chi connectivity index (χ2v) is 5.06. The minimum absolute atomic E-state index is 0.00186. The molecule has 6 nitrogen and oxygen atoms in total. The number of nitrogens with two attached hydrogens (primary N) is 1. The van der Waals surface area contributed by atoms with Gasteiger partial charge in [0.2, 0.25) is 0 Å². The Balaban J connectivity index is 2.47. The first-order valence-electron chi connectivity index (χ1n) is 5.16. The first kappa shape index (κ1) is 13.8. The molecular formula is C10H16N3O3S+. The fraction of sp³-hybridized carbons (Fsp3) is 0.400. The zero-order valence-corrected chi connectivity index (χ0v) is 10.4. The van der Waals surface area contributed by atoms with Crippen molar-refractivity contribution in [1.29, 1.82) is 0 Å². The van der Waals surface area contributed by atoms with E-state index in [4.69, 9.17) is 5.14 Å². The molecule has 0 unspecified atom stereocenters. The third-order valence-electron chi connectivity index (χ3n) is 2.16. The summed E-state index contributed by atoms with van der Waals surface area (Å²) in [6.07, 6.45) is 4.16. The van der Waals surface area contributed by atoms with Gasteiger partial charge in [-0.2, -0.15) is 8.42 Å². The second kappa shape index (κ2) is 5.85. The lowest BCUT2D eigenvalue weighted by molar-refractivity contribution is -0.697. The van der Waals surface area contributed by atoms with Crippen molar-refractivity contribution in [2.75, 3.05) is 6.54 Å². The number of carbonyl (C=O) groups is 1. The van der Waals surface area contributed by atoms with Crippen LogP contribution in [0.4, 0.5) is 0 Å². The zero-order valence-electron chi connectivity index (χ0n) is 9.59. The summed E-state index contributed by atoms with van der Waals surface area (Å²) < 4.78 is 25.2. The normalized spacial score (nSPS) is 11.4. The highest BCUT2D eigenvalue weighted by Gasteiger charge is 2.06. The number of pyridine rings is 1. The number of rotatable bonds is 6. The molecule has 3 N–H and O–H groups in total. The van der Waals surface area contributed by atoms with Gasteiger partial charge in [-0.15, -0.1) is 0 Å². The highest BCUT2D eigenvalue weighted by atomic mass is 32.2. The first-order valence-corrected chi connectivity index (χ1v) is 6.70. The number of Topliss-reactive ketones (excluding diaryl/α,β-unsaturated/α-hetero) is 1. The second-order valence-electron chi connectivity index (χ2n) is 3.68. The number of nitrogens with one attached hydrogen (secondary N) is 1. The van der Waals surface area contributed by atoms with Crippen LogP contribution in [0.5, 0.6) is 0 Å². The summed E-state index contributed by atoms with van der Waals surface area (Å²) in [4.78, 5) is 11.1. The van der Waals surface area contributed by atoms with Crippen molar-refractivity contribution in [3.63, 3.8) is 0 Å². The number of aryl methyl sites for hydroxylation is 1. The van der Waals surface area contributed by atoms with Gasteiger partial charge in [-0.1, -0.05) is 0 Å². The molecule has 0 amide bonds. The van der Waals surface area contributed by atoms with Crippen LogP contribution in [0.1, 0.15) is 23.7 Å². The topological polar surface area (TPSA) is 93.1 Å². The predicted molar refractivity (Wildman–Crippen MR) is 62.4 cm³/mol. The number of aromatic nitrogens is 1. The SMILES string of the molecule is CC(=O)c1ccc[n+](CCCNS(N)(=O)=O)c1. The minimum atomic E-state index is -3.61. The molecular weight excluding hydrogens is 242 g/mol. The first-order chi connectivity index (χ1) is 7.88. The maximum atomic E-state index is 11.1. The van der Waals surface area contributed by atoms with Gasteiger partial charge in [-0.05, 0) is 13.0 Å². The minimum Gasteiger partial charge on any atom is -0.294 e. The van der Waals surface area contributed by atoms with Gasteiger partial charge < -0.3 is 0 Å². The lowest BCUT2D eigenvalue weighted by Crippen LogP contribution is -2.37. The van der Waals surface area contributed by atoms with Crippen LogP contribution in [0, 0.1) is 0 Å². The molecule has 94 valence electrons. The van der Waals surface area contributed by atoms with Crippen LogP contribution in [-0.2, 0) is 16.8 Å². The lowest BCUT2D eigenvalue weighted by atomic mass is 10.2. The van der Waals surface area contributed by atoms with E-state index in [1.54, 1.807) is 18.3 Å². The monoisotopic (exact) mass is 258 g/mol. The summed E-state index contributed by atoms with van der Waals surface area (Å²) in [6, 6.07) is 3.52. The van der Waals surface area contributed by atoms with Crippen molar-refractivity contribution < 1.29 is 17.8 Å². The Morgan fingerprint density at radius 1 is 1.53 bits per heavy atom. The average Bonchev–Trinajstić information content (AvgIpc) is 2.23. The Hall–Kier alpha value is -1.31. The van der Waals surface area contributed by atoms with Crippen molar-refractivity contribution >= 4 is 16.0 Å². The van der Waals surface area contributed by atoms with E-state index in [-0.39, 0.29) is 12.3 Å². The lowest BCUT2D eigenvalue weighted by Gasteiger charge is -2.00. The molecule has 1 heterocycles. The third kappa shape index (κ3) is 5.53. The number of hydrogen-bond donors (Lipinski definition) is 2. The quantitative estimate of drug-likeness (QED) is 0.404. The molecule has 0 aliphatic carbocycles. The molecule has 0 aliphatic rings. The Kier molecular flexibility index (Phi) is 4.73. The van der Waals surface area contributed by atoms with Gasteiger partial charge in [0, 0.05) is 19.0 Å². The fourth-order valence-electron chi connectivity index (χ4n) is 1.35. The molecule has 0 bridgehead atoms. The van der Waals surface area contributed by atoms with Crippen molar-refractivity contribution in [3.8, 4) is 0 Å². The van der Waals surface area contributed by atoms with E-state index in [0.717, 1.165) is 0 Å². The van der Waals surface area contributed by atoms with Crippen LogP contribution in [0.2, 0.25) is 0 Å². The Labute approximate surface area is 101 Å². The Bertz CT molecular complexity index is 499. The Morgan fingerprint density at radius 3 is 2.82 bits per heavy atom. The summed E-state index contributed by atoms with van der Waals surface area (Å²) in [5.41, 5.74) is 0.631. The van der Waals surface area contributed by atoms with Crippen LogP contribution in [-0.4, -0.2) is 20.7 Å².